The molecule has 1 aromatic carbocycles. The van der Waals surface area contributed by atoms with Gasteiger partial charge in [-0.3, -0.25) is 0 Å². The highest BCUT2D eigenvalue weighted by Gasteiger charge is 2.36. The summed E-state index contributed by atoms with van der Waals surface area (Å²) in [6.07, 6.45) is 1.18. The normalized spacial score (nSPS) is 19.1. The van der Waals surface area contributed by atoms with Crippen LogP contribution in [0.25, 0.3) is 0 Å². The molecule has 1 atom stereocenters. The molecule has 1 aliphatic rings. The van der Waals surface area contributed by atoms with Gasteiger partial charge in [-0.2, -0.15) is 0 Å². The molecule has 0 radical (unpaired) electrons. The molecule has 0 aliphatic carbocycles. The van der Waals surface area contributed by atoms with E-state index in [9.17, 15) is 0 Å². The van der Waals surface area contributed by atoms with Gasteiger partial charge in [0.25, 0.3) is 0 Å². The quantitative estimate of drug-likeness (QED) is 0.813. The molecule has 0 saturated carbocycles. The van der Waals surface area contributed by atoms with Crippen molar-refractivity contribution in [3.05, 3.63) is 29.8 Å². The molecular formula is C15H24N2O. The van der Waals surface area contributed by atoms with E-state index in [4.69, 9.17) is 10.5 Å². The zero-order chi connectivity index (χ0) is 13.0. The van der Waals surface area contributed by atoms with Crippen molar-refractivity contribution >= 4 is 5.69 Å². The van der Waals surface area contributed by atoms with Crippen LogP contribution in [0.1, 0.15) is 31.7 Å². The summed E-state index contributed by atoms with van der Waals surface area (Å²) in [5.41, 5.74) is 8.52. The Morgan fingerprint density at radius 3 is 2.44 bits per heavy atom. The number of nitrogens with one attached hydrogen (secondary N) is 1. The van der Waals surface area contributed by atoms with Crippen molar-refractivity contribution in [2.24, 2.45) is 11.1 Å². The molecule has 0 bridgehead atoms. The molecule has 0 amide bonds. The van der Waals surface area contributed by atoms with E-state index in [-0.39, 0.29) is 5.41 Å². The van der Waals surface area contributed by atoms with Crippen molar-refractivity contribution in [3.8, 4) is 0 Å². The lowest BCUT2D eigenvalue weighted by atomic mass is 9.86. The van der Waals surface area contributed by atoms with Crippen LogP contribution in [0.2, 0.25) is 0 Å². The molecule has 1 heterocycles. The minimum atomic E-state index is 0.148. The van der Waals surface area contributed by atoms with Gasteiger partial charge in [0.1, 0.15) is 0 Å². The first kappa shape index (κ1) is 13.4. The van der Waals surface area contributed by atoms with Gasteiger partial charge in [0, 0.05) is 24.2 Å². The Morgan fingerprint density at radius 2 is 2.00 bits per heavy atom. The highest BCUT2D eigenvalue weighted by molar-refractivity contribution is 5.45. The molecule has 1 saturated heterocycles. The zero-order valence-electron chi connectivity index (χ0n) is 11.4. The van der Waals surface area contributed by atoms with Crippen LogP contribution in [0.4, 0.5) is 5.69 Å². The first-order valence-corrected chi connectivity index (χ1v) is 6.81. The first-order valence-electron chi connectivity index (χ1n) is 6.81. The van der Waals surface area contributed by atoms with Crippen molar-refractivity contribution in [2.75, 3.05) is 31.6 Å². The molecule has 100 valence electrons. The molecule has 1 aliphatic heterocycles. The summed E-state index contributed by atoms with van der Waals surface area (Å²) >= 11 is 0. The average molecular weight is 248 g/mol. The van der Waals surface area contributed by atoms with Gasteiger partial charge in [-0.15, -0.1) is 0 Å². The smallest absolute Gasteiger partial charge is 0.0574 e. The molecule has 3 heteroatoms. The number of hydrogen-bond acceptors (Lipinski definition) is 3. The molecule has 3 N–H and O–H groups in total. The standard InChI is InChI=1S/C15H24N2O/c1-3-12(2)13-4-6-14(7-5-13)17-9-15(8-16)10-18-11-15/h4-7,12,17H,3,8-11,16H2,1-2H3. The van der Waals surface area contributed by atoms with Crippen molar-refractivity contribution in [1.29, 1.82) is 0 Å². The predicted octanol–water partition coefficient (Wildman–Crippen LogP) is 2.59. The topological polar surface area (TPSA) is 47.3 Å². The second kappa shape index (κ2) is 5.72. The van der Waals surface area contributed by atoms with E-state index >= 15 is 0 Å². The summed E-state index contributed by atoms with van der Waals surface area (Å²) in [5, 5.41) is 3.46. The van der Waals surface area contributed by atoms with Crippen molar-refractivity contribution in [2.45, 2.75) is 26.2 Å². The summed E-state index contributed by atoms with van der Waals surface area (Å²) in [7, 11) is 0. The molecule has 1 fully saturated rings. The first-order chi connectivity index (χ1) is 8.69. The van der Waals surface area contributed by atoms with Crippen LogP contribution in [0.5, 0.6) is 0 Å². The third-order valence-electron chi connectivity index (χ3n) is 4.01. The lowest BCUT2D eigenvalue weighted by molar-refractivity contribution is -0.0979. The van der Waals surface area contributed by atoms with Gasteiger partial charge in [0.15, 0.2) is 0 Å². The fourth-order valence-electron chi connectivity index (χ4n) is 2.14. The minimum Gasteiger partial charge on any atom is -0.384 e. The Bertz CT molecular complexity index is 365. The van der Waals surface area contributed by atoms with Gasteiger partial charge in [0.05, 0.1) is 13.2 Å². The van der Waals surface area contributed by atoms with Crippen molar-refractivity contribution in [1.82, 2.24) is 0 Å². The summed E-state index contributed by atoms with van der Waals surface area (Å²) < 4.78 is 5.26. The molecule has 0 aromatic heterocycles. The number of rotatable bonds is 6. The van der Waals surface area contributed by atoms with Gasteiger partial charge in [-0.25, -0.2) is 0 Å². The monoisotopic (exact) mass is 248 g/mol. The van der Waals surface area contributed by atoms with Crippen LogP contribution >= 0.6 is 0 Å². The lowest BCUT2D eigenvalue weighted by Crippen LogP contribution is -2.52. The Morgan fingerprint density at radius 1 is 1.33 bits per heavy atom. The molecule has 2 rings (SSSR count). The van der Waals surface area contributed by atoms with E-state index in [1.807, 2.05) is 0 Å². The fraction of sp³-hybridized carbons (Fsp3) is 0.600. The number of nitrogens with two attached hydrogens (primary N) is 1. The van der Waals surface area contributed by atoms with Crippen LogP contribution in [0, 0.1) is 5.41 Å². The van der Waals surface area contributed by atoms with E-state index in [0.717, 1.165) is 19.8 Å². The van der Waals surface area contributed by atoms with Gasteiger partial charge in [-0.1, -0.05) is 26.0 Å². The maximum atomic E-state index is 5.79. The Balaban J connectivity index is 1.90. The third-order valence-corrected chi connectivity index (χ3v) is 4.01. The zero-order valence-corrected chi connectivity index (χ0v) is 11.4. The van der Waals surface area contributed by atoms with E-state index in [0.29, 0.717) is 12.5 Å². The number of anilines is 1. The Kier molecular flexibility index (Phi) is 4.25. The van der Waals surface area contributed by atoms with Crippen LogP contribution in [-0.4, -0.2) is 26.3 Å². The van der Waals surface area contributed by atoms with E-state index in [1.165, 1.54) is 17.7 Å². The van der Waals surface area contributed by atoms with Crippen LogP contribution < -0.4 is 11.1 Å². The van der Waals surface area contributed by atoms with E-state index in [2.05, 4.69) is 43.4 Å². The van der Waals surface area contributed by atoms with E-state index < -0.39 is 0 Å². The van der Waals surface area contributed by atoms with Crippen molar-refractivity contribution < 1.29 is 4.74 Å². The highest BCUT2D eigenvalue weighted by atomic mass is 16.5. The van der Waals surface area contributed by atoms with Crippen LogP contribution in [0.3, 0.4) is 0 Å². The van der Waals surface area contributed by atoms with Crippen LogP contribution in [0.15, 0.2) is 24.3 Å². The van der Waals surface area contributed by atoms with Gasteiger partial charge in [0.2, 0.25) is 0 Å². The number of hydrogen-bond donors (Lipinski definition) is 2. The second-order valence-corrected chi connectivity index (χ2v) is 5.48. The molecule has 18 heavy (non-hydrogen) atoms. The molecule has 3 nitrogen and oxygen atoms in total. The number of benzene rings is 1. The maximum Gasteiger partial charge on any atom is 0.0574 e. The summed E-state index contributed by atoms with van der Waals surface area (Å²) in [6, 6.07) is 8.74. The molecule has 1 aromatic rings. The summed E-state index contributed by atoms with van der Waals surface area (Å²) in [6.45, 7) is 7.62. The molecular weight excluding hydrogens is 224 g/mol. The molecule has 0 spiro atoms. The predicted molar refractivity (Wildman–Crippen MR) is 75.9 cm³/mol. The largest absolute Gasteiger partial charge is 0.384 e. The van der Waals surface area contributed by atoms with Crippen molar-refractivity contribution in [3.63, 3.8) is 0 Å². The minimum absolute atomic E-state index is 0.148. The van der Waals surface area contributed by atoms with Gasteiger partial charge < -0.3 is 15.8 Å². The highest BCUT2D eigenvalue weighted by Crippen LogP contribution is 2.27. The van der Waals surface area contributed by atoms with Crippen LogP contribution in [-0.2, 0) is 4.74 Å². The average Bonchev–Trinajstić information content (AvgIpc) is 2.38. The molecule has 1 unspecified atom stereocenters. The summed E-state index contributed by atoms with van der Waals surface area (Å²) in [5.74, 6) is 0.634. The summed E-state index contributed by atoms with van der Waals surface area (Å²) in [4.78, 5) is 0. The van der Waals surface area contributed by atoms with Gasteiger partial charge >= 0.3 is 0 Å². The Labute approximate surface area is 110 Å². The van der Waals surface area contributed by atoms with E-state index in [1.54, 1.807) is 0 Å². The number of ether oxygens (including phenoxy) is 1. The SMILES string of the molecule is CCC(C)c1ccc(NCC2(CN)COC2)cc1. The van der Waals surface area contributed by atoms with Gasteiger partial charge in [-0.05, 0) is 30.0 Å². The second-order valence-electron chi connectivity index (χ2n) is 5.48. The lowest BCUT2D eigenvalue weighted by Gasteiger charge is -2.40. The Hall–Kier alpha value is -1.06. The third kappa shape index (κ3) is 2.85. The fourth-order valence-corrected chi connectivity index (χ4v) is 2.14. The maximum absolute atomic E-state index is 5.79.